The summed E-state index contributed by atoms with van der Waals surface area (Å²) in [4.78, 5) is 11.2. The van der Waals surface area contributed by atoms with E-state index in [1.807, 2.05) is 13.0 Å². The lowest BCUT2D eigenvalue weighted by atomic mass is 9.86. The second-order valence-electron chi connectivity index (χ2n) is 3.09. The summed E-state index contributed by atoms with van der Waals surface area (Å²) in [7, 11) is 0. The third kappa shape index (κ3) is 1.47. The Kier molecular flexibility index (Phi) is 2.25. The van der Waals surface area contributed by atoms with Crippen molar-refractivity contribution in [1.82, 2.24) is 0 Å². The quantitative estimate of drug-likeness (QED) is 0.469. The first kappa shape index (κ1) is 7.52. The Morgan fingerprint density at radius 3 is 2.80 bits per heavy atom. The molecule has 0 aromatic heterocycles. The summed E-state index contributed by atoms with van der Waals surface area (Å²) >= 11 is 0. The number of ketones is 1. The molecule has 1 atom stereocenters. The third-order valence-electron chi connectivity index (χ3n) is 2.15. The summed E-state index contributed by atoms with van der Waals surface area (Å²) in [6, 6.07) is 0. The van der Waals surface area contributed by atoms with Crippen molar-refractivity contribution in [1.29, 1.82) is 0 Å². The van der Waals surface area contributed by atoms with E-state index in [9.17, 15) is 4.79 Å². The predicted octanol–water partition coefficient (Wildman–Crippen LogP) is 2.32. The van der Waals surface area contributed by atoms with Crippen LogP contribution in [0.2, 0.25) is 0 Å². The standard InChI is InChI=1S/C9H14O/c1-3-8-5-4-7(2)6-9(8)10/h3,7H,4-6H2,1-2H3/b8-3-/t7-/m1/s1. The molecule has 1 rings (SSSR count). The minimum atomic E-state index is 0.362. The van der Waals surface area contributed by atoms with Crippen molar-refractivity contribution in [3.05, 3.63) is 11.6 Å². The van der Waals surface area contributed by atoms with E-state index in [1.54, 1.807) is 0 Å². The highest BCUT2D eigenvalue weighted by Gasteiger charge is 2.18. The Morgan fingerprint density at radius 2 is 2.30 bits per heavy atom. The van der Waals surface area contributed by atoms with Crippen LogP contribution in [0.15, 0.2) is 11.6 Å². The zero-order valence-corrected chi connectivity index (χ0v) is 6.68. The number of Topliss-reactive ketones (excluding diaryl/α,β-unsaturated/α-hetero) is 1. The molecule has 0 saturated heterocycles. The number of carbonyl (C=O) groups excluding carboxylic acids is 1. The van der Waals surface area contributed by atoms with Gasteiger partial charge in [0.2, 0.25) is 0 Å². The molecule has 1 saturated carbocycles. The molecule has 1 fully saturated rings. The Bertz CT molecular complexity index is 168. The molecule has 0 unspecified atom stereocenters. The van der Waals surface area contributed by atoms with Crippen LogP contribution < -0.4 is 0 Å². The van der Waals surface area contributed by atoms with Gasteiger partial charge in [0.15, 0.2) is 5.78 Å². The van der Waals surface area contributed by atoms with E-state index < -0.39 is 0 Å². The SMILES string of the molecule is C/C=C1/CC[C@@H](C)CC1=O. The lowest BCUT2D eigenvalue weighted by Crippen LogP contribution is -2.14. The summed E-state index contributed by atoms with van der Waals surface area (Å²) in [5, 5.41) is 0. The summed E-state index contributed by atoms with van der Waals surface area (Å²) in [6.45, 7) is 4.09. The van der Waals surface area contributed by atoms with E-state index in [0.29, 0.717) is 11.7 Å². The number of hydrogen-bond donors (Lipinski definition) is 0. The van der Waals surface area contributed by atoms with Crippen LogP contribution in [0.1, 0.15) is 33.1 Å². The molecule has 1 nitrogen and oxygen atoms in total. The smallest absolute Gasteiger partial charge is 0.158 e. The normalized spacial score (nSPS) is 31.2. The second kappa shape index (κ2) is 3.00. The van der Waals surface area contributed by atoms with E-state index in [1.165, 1.54) is 6.42 Å². The van der Waals surface area contributed by atoms with Crippen LogP contribution in [0, 0.1) is 5.92 Å². The molecule has 0 aromatic carbocycles. The molecule has 1 aliphatic rings. The molecule has 0 bridgehead atoms. The van der Waals surface area contributed by atoms with Gasteiger partial charge < -0.3 is 0 Å². The lowest BCUT2D eigenvalue weighted by Gasteiger charge is -2.18. The first-order valence-corrected chi connectivity index (χ1v) is 3.92. The van der Waals surface area contributed by atoms with Gasteiger partial charge in [-0.1, -0.05) is 13.0 Å². The summed E-state index contributed by atoms with van der Waals surface area (Å²) in [6.07, 6.45) is 4.90. The van der Waals surface area contributed by atoms with Crippen molar-refractivity contribution in [2.75, 3.05) is 0 Å². The fraction of sp³-hybridized carbons (Fsp3) is 0.667. The first-order chi connectivity index (χ1) is 4.74. The zero-order valence-electron chi connectivity index (χ0n) is 6.68. The molecular formula is C9H14O. The molecule has 0 radical (unpaired) electrons. The van der Waals surface area contributed by atoms with Crippen molar-refractivity contribution < 1.29 is 4.79 Å². The van der Waals surface area contributed by atoms with E-state index in [0.717, 1.165) is 18.4 Å². The van der Waals surface area contributed by atoms with Crippen molar-refractivity contribution in [3.63, 3.8) is 0 Å². The van der Waals surface area contributed by atoms with Gasteiger partial charge in [-0.15, -0.1) is 0 Å². The Morgan fingerprint density at radius 1 is 1.60 bits per heavy atom. The lowest BCUT2D eigenvalue weighted by molar-refractivity contribution is -0.117. The third-order valence-corrected chi connectivity index (χ3v) is 2.15. The highest BCUT2D eigenvalue weighted by Crippen LogP contribution is 2.24. The van der Waals surface area contributed by atoms with Crippen LogP contribution in [0.4, 0.5) is 0 Å². The van der Waals surface area contributed by atoms with Gasteiger partial charge in [-0.05, 0) is 31.3 Å². The fourth-order valence-electron chi connectivity index (χ4n) is 1.40. The first-order valence-electron chi connectivity index (χ1n) is 3.92. The van der Waals surface area contributed by atoms with Gasteiger partial charge in [-0.2, -0.15) is 0 Å². The molecule has 0 aromatic rings. The molecule has 0 N–H and O–H groups in total. The second-order valence-corrected chi connectivity index (χ2v) is 3.09. The van der Waals surface area contributed by atoms with Crippen LogP contribution >= 0.6 is 0 Å². The van der Waals surface area contributed by atoms with Crippen LogP contribution in [0.5, 0.6) is 0 Å². The van der Waals surface area contributed by atoms with Gasteiger partial charge >= 0.3 is 0 Å². The molecular weight excluding hydrogens is 124 g/mol. The van der Waals surface area contributed by atoms with Crippen LogP contribution in [-0.2, 0) is 4.79 Å². The minimum absolute atomic E-state index is 0.362. The highest BCUT2D eigenvalue weighted by atomic mass is 16.1. The maximum atomic E-state index is 11.2. The van der Waals surface area contributed by atoms with Gasteiger partial charge in [0.05, 0.1) is 0 Å². The molecule has 0 aliphatic heterocycles. The van der Waals surface area contributed by atoms with E-state index >= 15 is 0 Å². The van der Waals surface area contributed by atoms with E-state index in [4.69, 9.17) is 0 Å². The molecule has 56 valence electrons. The highest BCUT2D eigenvalue weighted by molar-refractivity contribution is 5.96. The zero-order chi connectivity index (χ0) is 7.56. The molecule has 0 spiro atoms. The molecule has 1 aliphatic carbocycles. The van der Waals surface area contributed by atoms with Crippen molar-refractivity contribution in [3.8, 4) is 0 Å². The van der Waals surface area contributed by atoms with Crippen LogP contribution in [0.3, 0.4) is 0 Å². The fourth-order valence-corrected chi connectivity index (χ4v) is 1.40. The Balaban J connectivity index is 2.61. The van der Waals surface area contributed by atoms with E-state index in [2.05, 4.69) is 6.92 Å². The number of carbonyl (C=O) groups is 1. The van der Waals surface area contributed by atoms with Crippen molar-refractivity contribution in [2.45, 2.75) is 33.1 Å². The van der Waals surface area contributed by atoms with Gasteiger partial charge in [0.25, 0.3) is 0 Å². The largest absolute Gasteiger partial charge is 0.295 e. The topological polar surface area (TPSA) is 17.1 Å². The Labute approximate surface area is 62.1 Å². The number of hydrogen-bond acceptors (Lipinski definition) is 1. The summed E-state index contributed by atoms with van der Waals surface area (Å²) < 4.78 is 0. The van der Waals surface area contributed by atoms with E-state index in [-0.39, 0.29) is 0 Å². The molecule has 1 heteroatoms. The monoisotopic (exact) mass is 138 g/mol. The summed E-state index contributed by atoms with van der Waals surface area (Å²) in [5.41, 5.74) is 1.04. The number of rotatable bonds is 0. The van der Waals surface area contributed by atoms with Crippen molar-refractivity contribution in [2.24, 2.45) is 5.92 Å². The average molecular weight is 138 g/mol. The van der Waals surface area contributed by atoms with Gasteiger partial charge in [0.1, 0.15) is 0 Å². The Hall–Kier alpha value is -0.590. The predicted molar refractivity (Wildman–Crippen MR) is 41.8 cm³/mol. The molecule has 10 heavy (non-hydrogen) atoms. The maximum absolute atomic E-state index is 11.2. The van der Waals surface area contributed by atoms with Gasteiger partial charge in [0, 0.05) is 6.42 Å². The van der Waals surface area contributed by atoms with Crippen LogP contribution in [-0.4, -0.2) is 5.78 Å². The van der Waals surface area contributed by atoms with Crippen molar-refractivity contribution >= 4 is 5.78 Å². The minimum Gasteiger partial charge on any atom is -0.295 e. The van der Waals surface area contributed by atoms with Crippen LogP contribution in [0.25, 0.3) is 0 Å². The molecule has 0 heterocycles. The number of allylic oxidation sites excluding steroid dienone is 2. The molecule has 0 amide bonds. The van der Waals surface area contributed by atoms with Gasteiger partial charge in [-0.25, -0.2) is 0 Å². The maximum Gasteiger partial charge on any atom is 0.158 e. The van der Waals surface area contributed by atoms with Gasteiger partial charge in [-0.3, -0.25) is 4.79 Å². The summed E-state index contributed by atoms with van der Waals surface area (Å²) in [5.74, 6) is 0.970. The average Bonchev–Trinajstić information content (AvgIpc) is 1.88.